The fourth-order valence-electron chi connectivity index (χ4n) is 1.95. The first-order valence-corrected chi connectivity index (χ1v) is 4.69. The molecule has 1 heterocycles. The van der Waals surface area contributed by atoms with Crippen LogP contribution in [-0.2, 0) is 4.74 Å². The van der Waals surface area contributed by atoms with Crippen molar-refractivity contribution in [2.24, 2.45) is 5.41 Å². The molecule has 3 nitrogen and oxygen atoms in total. The summed E-state index contributed by atoms with van der Waals surface area (Å²) in [5.41, 5.74) is -1.24. The van der Waals surface area contributed by atoms with Crippen molar-refractivity contribution in [2.75, 3.05) is 13.2 Å². The number of rotatable bonds is 2. The van der Waals surface area contributed by atoms with Gasteiger partial charge in [0.15, 0.2) is 0 Å². The molecule has 1 atom stereocenters. The van der Waals surface area contributed by atoms with Crippen LogP contribution in [0.25, 0.3) is 0 Å². The van der Waals surface area contributed by atoms with Gasteiger partial charge in [0.25, 0.3) is 0 Å². The molecule has 1 N–H and O–H groups in total. The van der Waals surface area contributed by atoms with Crippen molar-refractivity contribution in [3.63, 3.8) is 0 Å². The smallest absolute Gasteiger partial charge is 0.0834 e. The normalized spacial score (nSPS) is 29.7. The van der Waals surface area contributed by atoms with E-state index in [4.69, 9.17) is 10.00 Å². The van der Waals surface area contributed by atoms with Gasteiger partial charge in [-0.3, -0.25) is 0 Å². The number of hydrogen-bond donors (Lipinski definition) is 1. The van der Waals surface area contributed by atoms with Crippen LogP contribution in [0.5, 0.6) is 0 Å². The predicted octanol–water partition coefficient (Wildman–Crippen LogP) is 1.47. The van der Waals surface area contributed by atoms with E-state index in [1.807, 2.05) is 0 Å². The molecule has 1 fully saturated rings. The van der Waals surface area contributed by atoms with E-state index in [1.54, 1.807) is 13.8 Å². The molecule has 0 aromatic carbocycles. The number of ether oxygens (including phenoxy) is 1. The molecule has 0 aromatic heterocycles. The number of aliphatic hydroxyl groups is 1. The zero-order valence-electron chi connectivity index (χ0n) is 8.34. The lowest BCUT2D eigenvalue weighted by molar-refractivity contribution is -0.0316. The fraction of sp³-hybridized carbons (Fsp3) is 0.900. The lowest BCUT2D eigenvalue weighted by Crippen LogP contribution is -2.37. The standard InChI is InChI=1S/C10H17NO2/c1-9(2,12)6-10(7-11)4-3-5-13-8-10/h12H,3-6,8H2,1-2H3. The van der Waals surface area contributed by atoms with Gasteiger partial charge in [-0.1, -0.05) is 0 Å². The minimum atomic E-state index is -0.781. The van der Waals surface area contributed by atoms with Crippen LogP contribution in [0.15, 0.2) is 0 Å². The van der Waals surface area contributed by atoms with Crippen LogP contribution in [0.1, 0.15) is 33.1 Å². The highest BCUT2D eigenvalue weighted by Crippen LogP contribution is 2.35. The lowest BCUT2D eigenvalue weighted by Gasteiger charge is -2.34. The largest absolute Gasteiger partial charge is 0.390 e. The summed E-state index contributed by atoms with van der Waals surface area (Å²) in [4.78, 5) is 0. The molecule has 74 valence electrons. The van der Waals surface area contributed by atoms with Gasteiger partial charge >= 0.3 is 0 Å². The van der Waals surface area contributed by atoms with E-state index in [-0.39, 0.29) is 0 Å². The molecular formula is C10H17NO2. The molecule has 1 aliphatic heterocycles. The summed E-state index contributed by atoms with van der Waals surface area (Å²) < 4.78 is 5.29. The van der Waals surface area contributed by atoms with Gasteiger partial charge in [0.2, 0.25) is 0 Å². The van der Waals surface area contributed by atoms with Crippen molar-refractivity contribution in [1.29, 1.82) is 5.26 Å². The zero-order chi connectivity index (χ0) is 9.95. The Hall–Kier alpha value is -0.590. The number of nitriles is 1. The van der Waals surface area contributed by atoms with Crippen molar-refractivity contribution in [3.05, 3.63) is 0 Å². The Morgan fingerprint density at radius 2 is 2.31 bits per heavy atom. The molecule has 3 heteroatoms. The minimum Gasteiger partial charge on any atom is -0.390 e. The summed E-state index contributed by atoms with van der Waals surface area (Å²) in [7, 11) is 0. The Morgan fingerprint density at radius 3 is 2.69 bits per heavy atom. The van der Waals surface area contributed by atoms with Crippen molar-refractivity contribution in [1.82, 2.24) is 0 Å². The molecule has 0 amide bonds. The van der Waals surface area contributed by atoms with E-state index >= 15 is 0 Å². The fourth-order valence-corrected chi connectivity index (χ4v) is 1.95. The maximum absolute atomic E-state index is 9.66. The molecule has 1 unspecified atom stereocenters. The van der Waals surface area contributed by atoms with Crippen LogP contribution < -0.4 is 0 Å². The van der Waals surface area contributed by atoms with Gasteiger partial charge in [0.1, 0.15) is 0 Å². The van der Waals surface area contributed by atoms with Crippen molar-refractivity contribution < 1.29 is 9.84 Å². The van der Waals surface area contributed by atoms with E-state index in [0.29, 0.717) is 13.0 Å². The average Bonchev–Trinajstić information content (AvgIpc) is 2.03. The Kier molecular flexibility index (Phi) is 2.94. The third kappa shape index (κ3) is 2.98. The first-order chi connectivity index (χ1) is 5.97. The van der Waals surface area contributed by atoms with Crippen LogP contribution in [0.4, 0.5) is 0 Å². The summed E-state index contributed by atoms with van der Waals surface area (Å²) in [6.45, 7) is 4.68. The number of hydrogen-bond acceptors (Lipinski definition) is 3. The average molecular weight is 183 g/mol. The maximum atomic E-state index is 9.66. The Balaban J connectivity index is 2.65. The quantitative estimate of drug-likeness (QED) is 0.705. The van der Waals surface area contributed by atoms with Gasteiger partial charge in [0, 0.05) is 6.61 Å². The molecule has 0 spiro atoms. The van der Waals surface area contributed by atoms with E-state index in [1.165, 1.54) is 0 Å². The Bertz CT molecular complexity index is 206. The predicted molar refractivity (Wildman–Crippen MR) is 49.0 cm³/mol. The van der Waals surface area contributed by atoms with Gasteiger partial charge in [0.05, 0.1) is 23.7 Å². The maximum Gasteiger partial charge on any atom is 0.0834 e. The molecule has 0 radical (unpaired) electrons. The first kappa shape index (κ1) is 10.5. The SMILES string of the molecule is CC(C)(O)CC1(C#N)CCCOC1. The molecule has 1 saturated heterocycles. The molecular weight excluding hydrogens is 166 g/mol. The highest BCUT2D eigenvalue weighted by Gasteiger charge is 2.37. The van der Waals surface area contributed by atoms with Gasteiger partial charge in [-0.2, -0.15) is 5.26 Å². The summed E-state index contributed by atoms with van der Waals surface area (Å²) in [5.74, 6) is 0. The van der Waals surface area contributed by atoms with Crippen molar-refractivity contribution in [3.8, 4) is 6.07 Å². The molecule has 13 heavy (non-hydrogen) atoms. The van der Waals surface area contributed by atoms with Gasteiger partial charge in [-0.05, 0) is 33.1 Å². The molecule has 0 aromatic rings. The Labute approximate surface area is 79.3 Å². The van der Waals surface area contributed by atoms with Crippen molar-refractivity contribution >= 4 is 0 Å². The topological polar surface area (TPSA) is 53.2 Å². The molecule has 1 aliphatic rings. The minimum absolute atomic E-state index is 0.462. The van der Waals surface area contributed by atoms with Gasteiger partial charge < -0.3 is 9.84 Å². The summed E-state index contributed by atoms with van der Waals surface area (Å²) in [5, 5.41) is 18.7. The molecule has 0 aliphatic carbocycles. The highest BCUT2D eigenvalue weighted by atomic mass is 16.5. The first-order valence-electron chi connectivity index (χ1n) is 4.69. The second-order valence-electron chi connectivity index (χ2n) is 4.54. The van der Waals surface area contributed by atoms with Crippen LogP contribution in [0, 0.1) is 16.7 Å². The monoisotopic (exact) mass is 183 g/mol. The summed E-state index contributed by atoms with van der Waals surface area (Å²) in [6, 6.07) is 2.29. The van der Waals surface area contributed by atoms with E-state index in [9.17, 15) is 5.11 Å². The van der Waals surface area contributed by atoms with E-state index in [0.717, 1.165) is 19.4 Å². The molecule has 0 bridgehead atoms. The van der Waals surface area contributed by atoms with Crippen LogP contribution in [-0.4, -0.2) is 23.9 Å². The van der Waals surface area contributed by atoms with Crippen LogP contribution >= 0.6 is 0 Å². The van der Waals surface area contributed by atoms with E-state index in [2.05, 4.69) is 6.07 Å². The second-order valence-corrected chi connectivity index (χ2v) is 4.54. The third-order valence-corrected chi connectivity index (χ3v) is 2.33. The molecule has 0 saturated carbocycles. The molecule has 1 rings (SSSR count). The Morgan fingerprint density at radius 1 is 1.62 bits per heavy atom. The van der Waals surface area contributed by atoms with Gasteiger partial charge in [-0.15, -0.1) is 0 Å². The third-order valence-electron chi connectivity index (χ3n) is 2.33. The number of nitrogens with zero attached hydrogens (tertiary/aromatic N) is 1. The van der Waals surface area contributed by atoms with Gasteiger partial charge in [-0.25, -0.2) is 0 Å². The lowest BCUT2D eigenvalue weighted by atomic mass is 9.76. The van der Waals surface area contributed by atoms with Crippen LogP contribution in [0.2, 0.25) is 0 Å². The summed E-state index contributed by atoms with van der Waals surface area (Å²) in [6.07, 6.45) is 2.26. The summed E-state index contributed by atoms with van der Waals surface area (Å²) >= 11 is 0. The van der Waals surface area contributed by atoms with Crippen LogP contribution in [0.3, 0.4) is 0 Å². The highest BCUT2D eigenvalue weighted by molar-refractivity contribution is 5.03. The zero-order valence-corrected chi connectivity index (χ0v) is 8.34. The second kappa shape index (κ2) is 3.65. The van der Waals surface area contributed by atoms with Crippen molar-refractivity contribution in [2.45, 2.75) is 38.7 Å². The van der Waals surface area contributed by atoms with E-state index < -0.39 is 11.0 Å².